The molecule has 9 N–H and O–H groups in total. The van der Waals surface area contributed by atoms with Crippen LogP contribution in [0.3, 0.4) is 0 Å². The molecule has 0 aromatic rings. The Kier molecular flexibility index (Phi) is 43.9. The summed E-state index contributed by atoms with van der Waals surface area (Å²) >= 11 is 0. The number of rotatable bonds is 50. The summed E-state index contributed by atoms with van der Waals surface area (Å²) in [7, 11) is 0. The van der Waals surface area contributed by atoms with Gasteiger partial charge in [0.1, 0.15) is 48.8 Å². The lowest BCUT2D eigenvalue weighted by atomic mass is 9.97. The van der Waals surface area contributed by atoms with Gasteiger partial charge in [0.25, 0.3) is 0 Å². The number of amides is 1. The number of carbonyl (C=O) groups is 1. The quantitative estimate of drug-likeness (QED) is 0.0204. The molecule has 2 rings (SSSR count). The lowest BCUT2D eigenvalue weighted by Crippen LogP contribution is -2.65. The van der Waals surface area contributed by atoms with Gasteiger partial charge < -0.3 is 65.1 Å². The SMILES string of the molecule is CCCCCCCC/C=C/C(O)C(COC1OC(CO)C(OC2OC(CO)C(O)C(O)C2O)C(O)C1O)NC(=O)CCCCCCCCCCCCCCCCCCCCCCC/C=C\CCCCCCCCCC. The molecule has 442 valence electrons. The van der Waals surface area contributed by atoms with Gasteiger partial charge in [-0.2, -0.15) is 0 Å². The smallest absolute Gasteiger partial charge is 0.220 e. The Balaban J connectivity index is 1.56. The third-order valence-electron chi connectivity index (χ3n) is 15.4. The van der Waals surface area contributed by atoms with Crippen molar-refractivity contribution in [2.24, 2.45) is 0 Å². The highest BCUT2D eigenvalue weighted by Gasteiger charge is 2.51. The van der Waals surface area contributed by atoms with E-state index < -0.39 is 86.8 Å². The van der Waals surface area contributed by atoms with E-state index in [0.717, 1.165) is 44.9 Å². The molecule has 2 saturated heterocycles. The second kappa shape index (κ2) is 47.3. The minimum absolute atomic E-state index is 0.238. The molecule has 2 aliphatic rings. The molecule has 2 fully saturated rings. The number of nitrogens with one attached hydrogen (secondary N) is 1. The monoisotopic (exact) mass is 1070 g/mol. The van der Waals surface area contributed by atoms with E-state index in [1.165, 1.54) is 193 Å². The lowest BCUT2D eigenvalue weighted by Gasteiger charge is -2.46. The van der Waals surface area contributed by atoms with E-state index in [1.807, 2.05) is 6.08 Å². The van der Waals surface area contributed by atoms with Crippen LogP contribution in [-0.4, -0.2) is 140 Å². The predicted octanol–water partition coefficient (Wildman–Crippen LogP) is 10.8. The topological polar surface area (TPSA) is 228 Å². The van der Waals surface area contributed by atoms with Gasteiger partial charge in [-0.15, -0.1) is 0 Å². The molecule has 0 radical (unpaired) electrons. The van der Waals surface area contributed by atoms with Gasteiger partial charge in [-0.3, -0.25) is 4.79 Å². The summed E-state index contributed by atoms with van der Waals surface area (Å²) in [6, 6.07) is -0.909. The Morgan fingerprint density at radius 1 is 0.467 bits per heavy atom. The Hall–Kier alpha value is -1.53. The molecule has 2 heterocycles. The molecule has 0 spiro atoms. The van der Waals surface area contributed by atoms with E-state index in [2.05, 4.69) is 31.3 Å². The van der Waals surface area contributed by atoms with Gasteiger partial charge in [0.15, 0.2) is 12.6 Å². The summed E-state index contributed by atoms with van der Waals surface area (Å²) in [6.07, 6.45) is 40.0. The molecule has 0 aliphatic carbocycles. The fraction of sp³-hybridized carbons (Fsp3) is 0.918. The first-order valence-electron chi connectivity index (χ1n) is 31.1. The maximum Gasteiger partial charge on any atom is 0.220 e. The van der Waals surface area contributed by atoms with E-state index in [1.54, 1.807) is 6.08 Å². The molecule has 2 aliphatic heterocycles. The molecule has 0 aromatic carbocycles. The third kappa shape index (κ3) is 33.0. The van der Waals surface area contributed by atoms with E-state index >= 15 is 0 Å². The number of unbranched alkanes of at least 4 members (excludes halogenated alkanes) is 35. The van der Waals surface area contributed by atoms with Crippen LogP contribution < -0.4 is 5.32 Å². The third-order valence-corrected chi connectivity index (χ3v) is 15.4. The normalized spacial score (nSPS) is 25.1. The molecule has 1 amide bonds. The summed E-state index contributed by atoms with van der Waals surface area (Å²) < 4.78 is 22.7. The van der Waals surface area contributed by atoms with E-state index in [9.17, 15) is 45.6 Å². The Morgan fingerprint density at radius 3 is 1.27 bits per heavy atom. The number of aliphatic hydroxyl groups is 8. The van der Waals surface area contributed by atoms with E-state index in [4.69, 9.17) is 18.9 Å². The van der Waals surface area contributed by atoms with Crippen LogP contribution in [0, 0.1) is 0 Å². The predicted molar refractivity (Wildman–Crippen MR) is 300 cm³/mol. The van der Waals surface area contributed by atoms with Crippen LogP contribution in [0.1, 0.15) is 264 Å². The van der Waals surface area contributed by atoms with Crippen molar-refractivity contribution < 1.29 is 64.6 Å². The molecule has 0 bridgehead atoms. The van der Waals surface area contributed by atoms with Crippen molar-refractivity contribution in [3.63, 3.8) is 0 Å². The maximum absolute atomic E-state index is 13.2. The zero-order valence-electron chi connectivity index (χ0n) is 47.6. The highest BCUT2D eigenvalue weighted by atomic mass is 16.7. The second-order valence-corrected chi connectivity index (χ2v) is 22.2. The van der Waals surface area contributed by atoms with Gasteiger partial charge in [0.05, 0.1) is 32.0 Å². The van der Waals surface area contributed by atoms with Crippen molar-refractivity contribution in [2.75, 3.05) is 19.8 Å². The number of allylic oxidation sites excluding steroid dienone is 3. The van der Waals surface area contributed by atoms with Crippen LogP contribution in [-0.2, 0) is 23.7 Å². The Labute approximate surface area is 456 Å². The lowest BCUT2D eigenvalue weighted by molar-refractivity contribution is -0.359. The first kappa shape index (κ1) is 69.6. The summed E-state index contributed by atoms with van der Waals surface area (Å²) in [4.78, 5) is 13.2. The molecule has 0 aromatic heterocycles. The van der Waals surface area contributed by atoms with Crippen LogP contribution in [0.5, 0.6) is 0 Å². The van der Waals surface area contributed by atoms with Crippen LogP contribution in [0.2, 0.25) is 0 Å². The maximum atomic E-state index is 13.2. The highest BCUT2D eigenvalue weighted by Crippen LogP contribution is 2.30. The Bertz CT molecular complexity index is 1350. The van der Waals surface area contributed by atoms with Crippen molar-refractivity contribution in [3.8, 4) is 0 Å². The van der Waals surface area contributed by atoms with Crippen LogP contribution in [0.4, 0.5) is 0 Å². The number of aliphatic hydroxyl groups excluding tert-OH is 8. The number of carbonyl (C=O) groups excluding carboxylic acids is 1. The number of hydrogen-bond donors (Lipinski definition) is 9. The molecule has 12 unspecified atom stereocenters. The standard InChI is InChI=1S/C61H115NO13/c1-3-5-7-9-11-13-14-15-16-17-18-19-20-21-22-23-24-25-26-27-28-29-30-31-32-33-34-35-36-37-39-41-43-45-53(66)62-49(50(65)44-42-40-38-12-10-8-6-4-2)48-72-60-58(71)56(69)59(52(47-64)74-60)75-61-57(70)55(68)54(67)51(46-63)73-61/h17-18,42,44,49-52,54-61,63-65,67-71H,3-16,19-41,43,45-48H2,1-2H3,(H,62,66)/b18-17-,44-42+. The largest absolute Gasteiger partial charge is 0.394 e. The van der Waals surface area contributed by atoms with Crippen molar-refractivity contribution >= 4 is 5.91 Å². The summed E-state index contributed by atoms with van der Waals surface area (Å²) in [6.45, 7) is 2.76. The fourth-order valence-corrected chi connectivity index (χ4v) is 10.3. The van der Waals surface area contributed by atoms with Gasteiger partial charge in [0.2, 0.25) is 5.91 Å². The van der Waals surface area contributed by atoms with Gasteiger partial charge in [-0.05, 0) is 44.9 Å². The highest BCUT2D eigenvalue weighted by molar-refractivity contribution is 5.76. The van der Waals surface area contributed by atoms with Crippen molar-refractivity contribution in [2.45, 2.75) is 338 Å². The minimum Gasteiger partial charge on any atom is -0.394 e. The molecule has 14 nitrogen and oxygen atoms in total. The van der Waals surface area contributed by atoms with Crippen molar-refractivity contribution in [1.29, 1.82) is 0 Å². The van der Waals surface area contributed by atoms with Crippen LogP contribution in [0.15, 0.2) is 24.3 Å². The zero-order chi connectivity index (χ0) is 54.6. The molecular formula is C61H115NO13. The molecule has 14 heteroatoms. The van der Waals surface area contributed by atoms with Gasteiger partial charge in [-0.25, -0.2) is 0 Å². The Morgan fingerprint density at radius 2 is 0.840 bits per heavy atom. The van der Waals surface area contributed by atoms with Gasteiger partial charge in [0, 0.05) is 6.42 Å². The van der Waals surface area contributed by atoms with E-state index in [0.29, 0.717) is 6.42 Å². The van der Waals surface area contributed by atoms with E-state index in [-0.39, 0.29) is 18.9 Å². The molecular weight excluding hydrogens is 955 g/mol. The number of hydrogen-bond acceptors (Lipinski definition) is 13. The summed E-state index contributed by atoms with van der Waals surface area (Å²) in [5.74, 6) is -0.238. The summed E-state index contributed by atoms with van der Waals surface area (Å²) in [5, 5.41) is 86.7. The molecule has 0 saturated carbocycles. The zero-order valence-corrected chi connectivity index (χ0v) is 47.6. The van der Waals surface area contributed by atoms with Crippen molar-refractivity contribution in [3.05, 3.63) is 24.3 Å². The fourth-order valence-electron chi connectivity index (χ4n) is 10.3. The van der Waals surface area contributed by atoms with Gasteiger partial charge in [-0.1, -0.05) is 237 Å². The first-order valence-corrected chi connectivity index (χ1v) is 31.1. The van der Waals surface area contributed by atoms with Crippen LogP contribution in [0.25, 0.3) is 0 Å². The second-order valence-electron chi connectivity index (χ2n) is 22.2. The number of ether oxygens (including phenoxy) is 4. The molecule has 75 heavy (non-hydrogen) atoms. The van der Waals surface area contributed by atoms with Crippen LogP contribution >= 0.6 is 0 Å². The average Bonchev–Trinajstić information content (AvgIpc) is 3.41. The minimum atomic E-state index is -1.79. The first-order chi connectivity index (χ1) is 36.6. The van der Waals surface area contributed by atoms with Gasteiger partial charge >= 0.3 is 0 Å². The average molecular weight is 1070 g/mol. The van der Waals surface area contributed by atoms with Crippen molar-refractivity contribution in [1.82, 2.24) is 5.32 Å². The molecule has 12 atom stereocenters. The summed E-state index contributed by atoms with van der Waals surface area (Å²) in [5.41, 5.74) is 0.